The summed E-state index contributed by atoms with van der Waals surface area (Å²) in [6, 6.07) is 1.74. The Hall–Kier alpha value is -1.58. The van der Waals surface area contributed by atoms with Crippen molar-refractivity contribution in [3.63, 3.8) is 0 Å². The fraction of sp³-hybridized carbons (Fsp3) is 0.143. The first-order valence-electron chi connectivity index (χ1n) is 3.09. The molecule has 0 aliphatic rings. The summed E-state index contributed by atoms with van der Waals surface area (Å²) in [7, 11) is 1.78. The van der Waals surface area contributed by atoms with Crippen molar-refractivity contribution in [1.82, 2.24) is 9.78 Å². The summed E-state index contributed by atoms with van der Waals surface area (Å²) in [6.45, 7) is 0. The summed E-state index contributed by atoms with van der Waals surface area (Å²) in [4.78, 5) is 10.1. The van der Waals surface area contributed by atoms with E-state index in [-0.39, 0.29) is 0 Å². The van der Waals surface area contributed by atoms with Crippen LogP contribution in [0, 0.1) is 0 Å². The highest BCUT2D eigenvalue weighted by Gasteiger charge is 1.91. The van der Waals surface area contributed by atoms with Gasteiger partial charge in [-0.05, 0) is 12.1 Å². The summed E-state index contributed by atoms with van der Waals surface area (Å²) in [5.41, 5.74) is 0.648. The number of nitrogens with zero attached hydrogens (tertiary/aromatic N) is 2. The lowest BCUT2D eigenvalue weighted by Gasteiger charge is -1.82. The van der Waals surface area contributed by atoms with Crippen molar-refractivity contribution in [3.05, 3.63) is 24.0 Å². The van der Waals surface area contributed by atoms with Gasteiger partial charge in [0.05, 0.1) is 5.69 Å². The second kappa shape index (κ2) is 3.01. The van der Waals surface area contributed by atoms with Crippen molar-refractivity contribution in [2.75, 3.05) is 0 Å². The van der Waals surface area contributed by atoms with Crippen LogP contribution in [0.1, 0.15) is 5.69 Å². The number of hydrogen-bond donors (Lipinski definition) is 1. The lowest BCUT2D eigenvalue weighted by atomic mass is 10.4. The smallest absolute Gasteiger partial charge is 0.328 e. The highest BCUT2D eigenvalue weighted by atomic mass is 16.4. The van der Waals surface area contributed by atoms with Crippen molar-refractivity contribution >= 4 is 12.0 Å². The molecular formula is C7H8N2O2. The predicted octanol–water partition coefficient (Wildman–Crippen LogP) is 0.518. The SMILES string of the molecule is Cn1ccc(C=CC(=O)O)n1. The van der Waals surface area contributed by atoms with Crippen LogP contribution in [0.5, 0.6) is 0 Å². The van der Waals surface area contributed by atoms with Gasteiger partial charge in [0, 0.05) is 19.3 Å². The summed E-state index contributed by atoms with van der Waals surface area (Å²) >= 11 is 0. The van der Waals surface area contributed by atoms with Gasteiger partial charge in [-0.1, -0.05) is 0 Å². The number of aromatic nitrogens is 2. The summed E-state index contributed by atoms with van der Waals surface area (Å²) in [5, 5.41) is 12.2. The largest absolute Gasteiger partial charge is 0.478 e. The average Bonchev–Trinajstić information content (AvgIpc) is 2.31. The first kappa shape index (κ1) is 7.53. The van der Waals surface area contributed by atoms with Crippen molar-refractivity contribution in [1.29, 1.82) is 0 Å². The van der Waals surface area contributed by atoms with Crippen LogP contribution >= 0.6 is 0 Å². The molecule has 0 aliphatic heterocycles. The molecule has 1 heterocycles. The van der Waals surface area contributed by atoms with Crippen molar-refractivity contribution < 1.29 is 9.90 Å². The Kier molecular flexibility index (Phi) is 2.06. The molecule has 0 amide bonds. The van der Waals surface area contributed by atoms with E-state index < -0.39 is 5.97 Å². The third-order valence-electron chi connectivity index (χ3n) is 1.13. The molecule has 0 saturated carbocycles. The van der Waals surface area contributed by atoms with Crippen LogP contribution in [0.25, 0.3) is 6.08 Å². The molecule has 4 nitrogen and oxygen atoms in total. The van der Waals surface area contributed by atoms with Crippen LogP contribution in [-0.4, -0.2) is 20.9 Å². The fourth-order valence-electron chi connectivity index (χ4n) is 0.679. The molecule has 1 N–H and O–H groups in total. The minimum atomic E-state index is -0.962. The van der Waals surface area contributed by atoms with Gasteiger partial charge in [0.25, 0.3) is 0 Å². The zero-order chi connectivity index (χ0) is 8.27. The van der Waals surface area contributed by atoms with Gasteiger partial charge in [0.1, 0.15) is 0 Å². The average molecular weight is 152 g/mol. The van der Waals surface area contributed by atoms with Gasteiger partial charge in [-0.2, -0.15) is 5.10 Å². The molecule has 4 heteroatoms. The Bertz CT molecular complexity index is 288. The molecule has 0 aliphatic carbocycles. The van der Waals surface area contributed by atoms with Crippen LogP contribution in [-0.2, 0) is 11.8 Å². The van der Waals surface area contributed by atoms with Gasteiger partial charge in [-0.3, -0.25) is 4.68 Å². The van der Waals surface area contributed by atoms with E-state index in [9.17, 15) is 4.79 Å². The lowest BCUT2D eigenvalue weighted by Crippen LogP contribution is -1.88. The van der Waals surface area contributed by atoms with E-state index in [0.29, 0.717) is 5.69 Å². The number of rotatable bonds is 2. The molecule has 0 fully saturated rings. The molecule has 1 rings (SSSR count). The Morgan fingerprint density at radius 3 is 3.00 bits per heavy atom. The van der Waals surface area contributed by atoms with Gasteiger partial charge in [0.15, 0.2) is 0 Å². The summed E-state index contributed by atoms with van der Waals surface area (Å²) in [6.07, 6.45) is 4.26. The van der Waals surface area contributed by atoms with Crippen molar-refractivity contribution in [2.45, 2.75) is 0 Å². The topological polar surface area (TPSA) is 55.1 Å². The Balaban J connectivity index is 2.71. The zero-order valence-electron chi connectivity index (χ0n) is 6.06. The Morgan fingerprint density at radius 2 is 2.55 bits per heavy atom. The van der Waals surface area contributed by atoms with Crippen molar-refractivity contribution in [2.24, 2.45) is 7.05 Å². The molecular weight excluding hydrogens is 144 g/mol. The molecule has 0 atom stereocenters. The van der Waals surface area contributed by atoms with Gasteiger partial charge in [-0.15, -0.1) is 0 Å². The van der Waals surface area contributed by atoms with E-state index in [1.165, 1.54) is 6.08 Å². The van der Waals surface area contributed by atoms with Crippen LogP contribution in [0.4, 0.5) is 0 Å². The number of aryl methyl sites for hydroxylation is 1. The Labute approximate surface area is 63.8 Å². The maximum absolute atomic E-state index is 10.1. The zero-order valence-corrected chi connectivity index (χ0v) is 6.06. The number of carboxylic acid groups (broad SMARTS) is 1. The quantitative estimate of drug-likeness (QED) is 0.628. The highest BCUT2D eigenvalue weighted by Crippen LogP contribution is 1.95. The highest BCUT2D eigenvalue weighted by molar-refractivity contribution is 5.84. The minimum Gasteiger partial charge on any atom is -0.478 e. The molecule has 0 spiro atoms. The minimum absolute atomic E-state index is 0.648. The molecule has 0 saturated heterocycles. The molecule has 58 valence electrons. The normalized spacial score (nSPS) is 10.6. The summed E-state index contributed by atoms with van der Waals surface area (Å²) < 4.78 is 1.61. The van der Waals surface area contributed by atoms with Crippen LogP contribution in [0.2, 0.25) is 0 Å². The molecule has 0 aromatic carbocycles. The third-order valence-corrected chi connectivity index (χ3v) is 1.13. The standard InChI is InChI=1S/C7H8N2O2/c1-9-5-4-6(8-9)2-3-7(10)11/h2-5H,1H3,(H,10,11). The summed E-state index contributed by atoms with van der Waals surface area (Å²) in [5.74, 6) is -0.962. The first-order valence-corrected chi connectivity index (χ1v) is 3.09. The maximum Gasteiger partial charge on any atom is 0.328 e. The van der Waals surface area contributed by atoms with E-state index in [4.69, 9.17) is 5.11 Å². The fourth-order valence-corrected chi connectivity index (χ4v) is 0.679. The maximum atomic E-state index is 10.1. The molecule has 1 aromatic rings. The second-order valence-electron chi connectivity index (χ2n) is 2.09. The number of hydrogen-bond acceptors (Lipinski definition) is 2. The van der Waals surface area contributed by atoms with Gasteiger partial charge in [0.2, 0.25) is 0 Å². The molecule has 0 radical (unpaired) electrons. The number of aliphatic carboxylic acids is 1. The van der Waals surface area contributed by atoms with E-state index in [2.05, 4.69) is 5.10 Å². The van der Waals surface area contributed by atoms with Crippen molar-refractivity contribution in [3.8, 4) is 0 Å². The van der Waals surface area contributed by atoms with Crippen LogP contribution in [0.3, 0.4) is 0 Å². The lowest BCUT2D eigenvalue weighted by molar-refractivity contribution is -0.131. The molecule has 0 unspecified atom stereocenters. The van der Waals surface area contributed by atoms with Crippen LogP contribution < -0.4 is 0 Å². The first-order chi connectivity index (χ1) is 5.18. The van der Waals surface area contributed by atoms with Gasteiger partial charge >= 0.3 is 5.97 Å². The Morgan fingerprint density at radius 1 is 1.82 bits per heavy atom. The second-order valence-corrected chi connectivity index (χ2v) is 2.09. The van der Waals surface area contributed by atoms with E-state index >= 15 is 0 Å². The molecule has 11 heavy (non-hydrogen) atoms. The van der Waals surface area contributed by atoms with E-state index in [1.807, 2.05) is 0 Å². The molecule has 0 bridgehead atoms. The van der Waals surface area contributed by atoms with Crippen LogP contribution in [0.15, 0.2) is 18.3 Å². The van der Waals surface area contributed by atoms with Gasteiger partial charge in [-0.25, -0.2) is 4.79 Å². The van der Waals surface area contributed by atoms with E-state index in [1.54, 1.807) is 24.0 Å². The number of carboxylic acids is 1. The molecule has 1 aromatic heterocycles. The monoisotopic (exact) mass is 152 g/mol. The third kappa shape index (κ3) is 2.25. The predicted molar refractivity (Wildman–Crippen MR) is 39.9 cm³/mol. The number of carbonyl (C=O) groups is 1. The van der Waals surface area contributed by atoms with E-state index in [0.717, 1.165) is 6.08 Å². The van der Waals surface area contributed by atoms with Gasteiger partial charge < -0.3 is 5.11 Å².